The molecule has 3 aromatic rings. The normalized spacial score (nSPS) is 10.7. The molecule has 0 fully saturated rings. The maximum atomic E-state index is 11.8. The number of hydrogen-bond acceptors (Lipinski definition) is 4. The maximum absolute atomic E-state index is 11.8. The first-order chi connectivity index (χ1) is 8.74. The molecule has 3 rings (SSSR count). The molecule has 2 aromatic heterocycles. The molecule has 1 aromatic carbocycles. The van der Waals surface area contributed by atoms with Crippen molar-refractivity contribution >= 4 is 33.3 Å². The third-order valence-corrected chi connectivity index (χ3v) is 3.32. The van der Waals surface area contributed by atoms with Gasteiger partial charge in [-0.1, -0.05) is 18.2 Å². The number of fused-ring (bicyclic) bond motifs is 1. The SMILES string of the molecule is O=c1cc(Nc2ccccc2)[nH]c2s[nH]c(=O)c12. The van der Waals surface area contributed by atoms with E-state index in [-0.39, 0.29) is 16.4 Å². The van der Waals surface area contributed by atoms with Crippen molar-refractivity contribution in [2.45, 2.75) is 0 Å². The molecule has 0 atom stereocenters. The number of aromatic nitrogens is 2. The van der Waals surface area contributed by atoms with Crippen LogP contribution in [0.2, 0.25) is 0 Å². The summed E-state index contributed by atoms with van der Waals surface area (Å²) in [5, 5.41) is 3.26. The molecule has 0 unspecified atom stereocenters. The minimum absolute atomic E-state index is 0.179. The predicted octanol–water partition coefficient (Wildman–Crippen LogP) is 2.02. The standard InChI is InChI=1S/C12H9N3O2S/c16-8-6-9(13-7-4-2-1-3-5-7)14-12-10(8)11(17)15-18-12/h1-6H,(H,15,17)(H2,13,14,16). The minimum Gasteiger partial charge on any atom is -0.342 e. The summed E-state index contributed by atoms with van der Waals surface area (Å²) in [4.78, 5) is 26.7. The van der Waals surface area contributed by atoms with Gasteiger partial charge in [-0.05, 0) is 23.7 Å². The molecule has 3 N–H and O–H groups in total. The summed E-state index contributed by atoms with van der Waals surface area (Å²) in [6.07, 6.45) is 0. The topological polar surface area (TPSA) is 77.8 Å². The zero-order valence-electron chi connectivity index (χ0n) is 9.19. The maximum Gasteiger partial charge on any atom is 0.271 e. The highest BCUT2D eigenvalue weighted by molar-refractivity contribution is 7.12. The van der Waals surface area contributed by atoms with Gasteiger partial charge in [-0.25, -0.2) is 0 Å². The summed E-state index contributed by atoms with van der Waals surface area (Å²) in [7, 11) is 0. The number of nitrogens with one attached hydrogen (secondary N) is 3. The number of anilines is 2. The van der Waals surface area contributed by atoms with Crippen molar-refractivity contribution in [3.63, 3.8) is 0 Å². The quantitative estimate of drug-likeness (QED) is 0.659. The molecule has 0 aliphatic carbocycles. The largest absolute Gasteiger partial charge is 0.342 e. The predicted molar refractivity (Wildman–Crippen MR) is 72.8 cm³/mol. The van der Waals surface area contributed by atoms with Crippen LogP contribution in [0, 0.1) is 0 Å². The van der Waals surface area contributed by atoms with E-state index < -0.39 is 0 Å². The summed E-state index contributed by atoms with van der Waals surface area (Å²) in [6, 6.07) is 10.9. The van der Waals surface area contributed by atoms with Crippen molar-refractivity contribution in [1.29, 1.82) is 0 Å². The number of benzene rings is 1. The minimum atomic E-state index is -0.345. The van der Waals surface area contributed by atoms with Crippen LogP contribution in [0.5, 0.6) is 0 Å². The summed E-state index contributed by atoms with van der Waals surface area (Å²) < 4.78 is 2.54. The lowest BCUT2D eigenvalue weighted by atomic mass is 10.3. The van der Waals surface area contributed by atoms with E-state index in [1.807, 2.05) is 30.3 Å². The molecule has 18 heavy (non-hydrogen) atoms. The van der Waals surface area contributed by atoms with Crippen LogP contribution in [0.25, 0.3) is 10.2 Å². The average Bonchev–Trinajstić information content (AvgIpc) is 2.72. The number of H-pyrrole nitrogens is 2. The fourth-order valence-electron chi connectivity index (χ4n) is 1.72. The molecule has 0 saturated carbocycles. The van der Waals surface area contributed by atoms with Crippen LogP contribution >= 0.6 is 11.5 Å². The highest BCUT2D eigenvalue weighted by atomic mass is 32.1. The number of aromatic amines is 2. The first kappa shape index (κ1) is 10.8. The second kappa shape index (κ2) is 4.15. The second-order valence-electron chi connectivity index (χ2n) is 3.78. The number of hydrogen-bond donors (Lipinski definition) is 3. The Morgan fingerprint density at radius 3 is 2.67 bits per heavy atom. The molecule has 2 heterocycles. The van der Waals surface area contributed by atoms with Crippen molar-refractivity contribution in [3.8, 4) is 0 Å². The number of pyridine rings is 1. The van der Waals surface area contributed by atoms with Gasteiger partial charge in [0, 0.05) is 11.8 Å². The molecule has 90 valence electrons. The van der Waals surface area contributed by atoms with Crippen LogP contribution in [-0.2, 0) is 0 Å². The van der Waals surface area contributed by atoms with Gasteiger partial charge in [0.25, 0.3) is 5.56 Å². The van der Waals surface area contributed by atoms with Gasteiger partial charge in [-0.3, -0.25) is 14.0 Å². The lowest BCUT2D eigenvalue weighted by molar-refractivity contribution is 1.37. The summed E-state index contributed by atoms with van der Waals surface area (Å²) >= 11 is 1.12. The van der Waals surface area contributed by atoms with E-state index in [9.17, 15) is 9.59 Å². The third kappa shape index (κ3) is 1.82. The Kier molecular flexibility index (Phi) is 2.49. The lowest BCUT2D eigenvalue weighted by Gasteiger charge is -2.05. The van der Waals surface area contributed by atoms with E-state index in [0.29, 0.717) is 10.6 Å². The molecule has 0 amide bonds. The Hall–Kier alpha value is -2.34. The molecular weight excluding hydrogens is 250 g/mol. The van der Waals surface area contributed by atoms with E-state index >= 15 is 0 Å². The van der Waals surface area contributed by atoms with Crippen molar-refractivity contribution < 1.29 is 0 Å². The van der Waals surface area contributed by atoms with Gasteiger partial charge in [-0.15, -0.1) is 0 Å². The number of para-hydroxylation sites is 1. The Morgan fingerprint density at radius 2 is 1.89 bits per heavy atom. The van der Waals surface area contributed by atoms with Crippen molar-refractivity contribution in [2.75, 3.05) is 5.32 Å². The molecule has 0 saturated heterocycles. The molecule has 6 heteroatoms. The first-order valence-electron chi connectivity index (χ1n) is 5.30. The first-order valence-corrected chi connectivity index (χ1v) is 6.12. The van der Waals surface area contributed by atoms with E-state index in [4.69, 9.17) is 0 Å². The molecule has 0 radical (unpaired) electrons. The van der Waals surface area contributed by atoms with Crippen LogP contribution in [0.3, 0.4) is 0 Å². The van der Waals surface area contributed by atoms with Gasteiger partial charge in [-0.2, -0.15) is 0 Å². The van der Waals surface area contributed by atoms with Crippen molar-refractivity contribution in [2.24, 2.45) is 0 Å². The average molecular weight is 259 g/mol. The summed E-state index contributed by atoms with van der Waals surface area (Å²) in [5.41, 5.74) is 0.238. The van der Waals surface area contributed by atoms with Gasteiger partial charge in [0.1, 0.15) is 16.0 Å². The summed E-state index contributed by atoms with van der Waals surface area (Å²) in [5.74, 6) is 0.564. The van der Waals surface area contributed by atoms with Gasteiger partial charge in [0.2, 0.25) is 0 Å². The Bertz CT molecular complexity index is 801. The smallest absolute Gasteiger partial charge is 0.271 e. The van der Waals surface area contributed by atoms with Crippen LogP contribution in [0.15, 0.2) is 46.0 Å². The molecule has 5 nitrogen and oxygen atoms in total. The van der Waals surface area contributed by atoms with Gasteiger partial charge >= 0.3 is 0 Å². The summed E-state index contributed by atoms with van der Waals surface area (Å²) in [6.45, 7) is 0. The number of rotatable bonds is 2. The molecule has 0 spiro atoms. The Balaban J connectivity index is 2.09. The van der Waals surface area contributed by atoms with Crippen LogP contribution in [0.1, 0.15) is 0 Å². The fourth-order valence-corrected chi connectivity index (χ4v) is 2.47. The monoisotopic (exact) mass is 259 g/mol. The van der Waals surface area contributed by atoms with Gasteiger partial charge in [0.15, 0.2) is 5.43 Å². The third-order valence-electron chi connectivity index (χ3n) is 2.52. The molecule has 0 aliphatic rings. The van der Waals surface area contributed by atoms with E-state index in [0.717, 1.165) is 17.2 Å². The Labute approximate surface area is 105 Å². The van der Waals surface area contributed by atoms with Crippen molar-refractivity contribution in [3.05, 3.63) is 57.0 Å². The van der Waals surface area contributed by atoms with E-state index in [2.05, 4.69) is 14.7 Å². The van der Waals surface area contributed by atoms with E-state index in [1.165, 1.54) is 6.07 Å². The van der Waals surface area contributed by atoms with Crippen LogP contribution in [-0.4, -0.2) is 9.36 Å². The van der Waals surface area contributed by atoms with Crippen LogP contribution < -0.4 is 16.3 Å². The highest BCUT2D eigenvalue weighted by Crippen LogP contribution is 2.15. The zero-order valence-corrected chi connectivity index (χ0v) is 10.0. The van der Waals surface area contributed by atoms with Crippen LogP contribution in [0.4, 0.5) is 11.5 Å². The highest BCUT2D eigenvalue weighted by Gasteiger charge is 2.07. The van der Waals surface area contributed by atoms with Gasteiger partial charge < -0.3 is 10.3 Å². The lowest BCUT2D eigenvalue weighted by Crippen LogP contribution is -2.11. The second-order valence-corrected chi connectivity index (χ2v) is 4.59. The Morgan fingerprint density at radius 1 is 1.11 bits per heavy atom. The fraction of sp³-hybridized carbons (Fsp3) is 0. The molecule has 0 bridgehead atoms. The van der Waals surface area contributed by atoms with Crippen molar-refractivity contribution in [1.82, 2.24) is 9.36 Å². The van der Waals surface area contributed by atoms with E-state index in [1.54, 1.807) is 0 Å². The zero-order chi connectivity index (χ0) is 12.5. The molecular formula is C12H9N3O2S. The van der Waals surface area contributed by atoms with Gasteiger partial charge in [0.05, 0.1) is 0 Å². The molecule has 0 aliphatic heterocycles.